The van der Waals surface area contributed by atoms with Crippen molar-refractivity contribution in [3.05, 3.63) is 125 Å². The van der Waals surface area contributed by atoms with Gasteiger partial charge in [0.2, 0.25) is 0 Å². The molecule has 4 aromatic rings. The lowest BCUT2D eigenvalue weighted by molar-refractivity contribution is 0.615. The first-order valence-electron chi connectivity index (χ1n) is 10.6. The highest BCUT2D eigenvalue weighted by atomic mass is 31.1. The van der Waals surface area contributed by atoms with Crippen LogP contribution in [0.4, 0.5) is 0 Å². The number of rotatable bonds is 4. The summed E-state index contributed by atoms with van der Waals surface area (Å²) in [6, 6.07) is 37.2. The van der Waals surface area contributed by atoms with Crippen LogP contribution in [0.5, 0.6) is 5.75 Å². The van der Waals surface area contributed by atoms with Gasteiger partial charge in [-0.15, -0.1) is 0 Å². The van der Waals surface area contributed by atoms with Crippen molar-refractivity contribution in [2.24, 2.45) is 0 Å². The van der Waals surface area contributed by atoms with Gasteiger partial charge in [0.25, 0.3) is 0 Å². The number of benzene rings is 4. The first kappa shape index (κ1) is 19.1. The molecule has 148 valence electrons. The molecule has 0 atom stereocenters. The Kier molecular flexibility index (Phi) is 5.64. The fourth-order valence-corrected chi connectivity index (χ4v) is 5.73. The summed E-state index contributed by atoms with van der Waals surface area (Å²) in [5.74, 6) is 1.04. The average Bonchev–Trinajstić information content (AvgIpc) is 2.81. The van der Waals surface area contributed by atoms with Gasteiger partial charge in [-0.3, -0.25) is 0 Å². The summed E-state index contributed by atoms with van der Waals surface area (Å²) in [6.07, 6.45) is 4.11. The molecule has 4 aliphatic rings. The lowest BCUT2D eigenvalue weighted by Gasteiger charge is -2.22. The van der Waals surface area contributed by atoms with E-state index in [1.54, 1.807) is 0 Å². The highest BCUT2D eigenvalue weighted by molar-refractivity contribution is 7.68. The van der Waals surface area contributed by atoms with E-state index >= 15 is 0 Å². The van der Waals surface area contributed by atoms with E-state index in [2.05, 4.69) is 103 Å². The average molecular weight is 408 g/mol. The van der Waals surface area contributed by atoms with Gasteiger partial charge in [0, 0.05) is 10.6 Å². The van der Waals surface area contributed by atoms with Crippen molar-refractivity contribution in [3.8, 4) is 5.75 Å². The van der Waals surface area contributed by atoms with E-state index in [-0.39, 0.29) is 0 Å². The molecule has 8 rings (SSSR count). The zero-order valence-electron chi connectivity index (χ0n) is 17.0. The Labute approximate surface area is 180 Å². The molecule has 30 heavy (non-hydrogen) atoms. The Morgan fingerprint density at radius 3 is 1.60 bits per heavy atom. The Balaban J connectivity index is 1.52. The maximum absolute atomic E-state index is 6.85. The van der Waals surface area contributed by atoms with Crippen LogP contribution in [-0.2, 0) is 25.7 Å². The van der Waals surface area contributed by atoms with Crippen LogP contribution in [-0.4, -0.2) is 0 Å². The summed E-state index contributed by atoms with van der Waals surface area (Å²) in [6.45, 7) is 0. The fourth-order valence-electron chi connectivity index (χ4n) is 3.97. The SMILES string of the molecule is c1ccc(P(Oc2cc3ccc2CCc2ccc(cc2)CC3)c2ccccc2)cc1. The van der Waals surface area contributed by atoms with Gasteiger partial charge in [0.1, 0.15) is 5.75 Å². The molecule has 0 unspecified atom stereocenters. The second kappa shape index (κ2) is 8.86. The van der Waals surface area contributed by atoms with E-state index in [0.29, 0.717) is 0 Å². The molecule has 0 N–H and O–H groups in total. The minimum atomic E-state index is -0.916. The molecule has 0 saturated heterocycles. The summed E-state index contributed by atoms with van der Waals surface area (Å²) < 4.78 is 6.85. The highest BCUT2D eigenvalue weighted by Crippen LogP contribution is 2.39. The summed E-state index contributed by atoms with van der Waals surface area (Å²) in [4.78, 5) is 0. The largest absolute Gasteiger partial charge is 0.464 e. The molecule has 0 amide bonds. The molecule has 0 heterocycles. The predicted molar refractivity (Wildman–Crippen MR) is 127 cm³/mol. The maximum Gasteiger partial charge on any atom is 0.150 e. The fraction of sp³-hybridized carbons (Fsp3) is 0.143. The Bertz CT molecular complexity index is 1060. The van der Waals surface area contributed by atoms with E-state index in [1.807, 2.05) is 0 Å². The van der Waals surface area contributed by atoms with Gasteiger partial charge in [-0.05, 0) is 54.0 Å². The monoisotopic (exact) mass is 408 g/mol. The van der Waals surface area contributed by atoms with E-state index in [9.17, 15) is 0 Å². The molecule has 4 bridgehead atoms. The maximum atomic E-state index is 6.85. The van der Waals surface area contributed by atoms with Crippen LogP contribution in [0, 0.1) is 0 Å². The van der Waals surface area contributed by atoms with Crippen LogP contribution < -0.4 is 15.1 Å². The zero-order valence-corrected chi connectivity index (χ0v) is 17.9. The zero-order chi connectivity index (χ0) is 20.2. The van der Waals surface area contributed by atoms with Crippen LogP contribution in [0.15, 0.2) is 103 Å². The molecule has 2 heteroatoms. The number of hydrogen-bond acceptors (Lipinski definition) is 1. The normalized spacial score (nSPS) is 13.1. The molecule has 0 radical (unpaired) electrons. The van der Waals surface area contributed by atoms with Crippen molar-refractivity contribution in [2.75, 3.05) is 0 Å². The van der Waals surface area contributed by atoms with Gasteiger partial charge in [-0.2, -0.15) is 0 Å². The first-order valence-corrected chi connectivity index (χ1v) is 11.9. The molecule has 0 saturated carbocycles. The summed E-state index contributed by atoms with van der Waals surface area (Å²) in [7, 11) is -0.916. The van der Waals surface area contributed by atoms with E-state index in [1.165, 1.54) is 32.9 Å². The first-order chi connectivity index (χ1) is 14.8. The molecule has 0 fully saturated rings. The summed E-state index contributed by atoms with van der Waals surface area (Å²) in [5, 5.41) is 2.48. The van der Waals surface area contributed by atoms with Crippen LogP contribution in [0.1, 0.15) is 22.3 Å². The third-order valence-corrected chi connectivity index (χ3v) is 7.62. The van der Waals surface area contributed by atoms with Crippen molar-refractivity contribution < 1.29 is 4.52 Å². The molecule has 0 spiro atoms. The Morgan fingerprint density at radius 1 is 0.500 bits per heavy atom. The van der Waals surface area contributed by atoms with E-state index in [4.69, 9.17) is 4.52 Å². The second-order valence-electron chi connectivity index (χ2n) is 7.82. The highest BCUT2D eigenvalue weighted by Gasteiger charge is 2.19. The summed E-state index contributed by atoms with van der Waals surface area (Å²) in [5.41, 5.74) is 5.43. The van der Waals surface area contributed by atoms with Crippen LogP contribution in [0.2, 0.25) is 0 Å². The third kappa shape index (κ3) is 4.32. The van der Waals surface area contributed by atoms with E-state index in [0.717, 1.165) is 31.4 Å². The van der Waals surface area contributed by atoms with E-state index < -0.39 is 8.15 Å². The molecule has 4 aliphatic carbocycles. The lowest BCUT2D eigenvalue weighted by Crippen LogP contribution is -2.16. The van der Waals surface area contributed by atoms with Gasteiger partial charge in [-0.25, -0.2) is 0 Å². The second-order valence-corrected chi connectivity index (χ2v) is 9.62. The van der Waals surface area contributed by atoms with Gasteiger partial charge in [0.05, 0.1) is 0 Å². The van der Waals surface area contributed by atoms with Gasteiger partial charge < -0.3 is 4.52 Å². The van der Waals surface area contributed by atoms with Crippen molar-refractivity contribution in [3.63, 3.8) is 0 Å². The Morgan fingerprint density at radius 2 is 1.00 bits per heavy atom. The van der Waals surface area contributed by atoms with Gasteiger partial charge in [-0.1, -0.05) is 97.1 Å². The van der Waals surface area contributed by atoms with Gasteiger partial charge in [0.15, 0.2) is 8.15 Å². The quantitative estimate of drug-likeness (QED) is 0.377. The van der Waals surface area contributed by atoms with Crippen LogP contribution in [0.25, 0.3) is 0 Å². The molecule has 4 aromatic carbocycles. The summed E-state index contributed by atoms with van der Waals surface area (Å²) >= 11 is 0. The topological polar surface area (TPSA) is 9.23 Å². The van der Waals surface area contributed by atoms with Crippen molar-refractivity contribution in [2.45, 2.75) is 25.7 Å². The lowest BCUT2D eigenvalue weighted by atomic mass is 9.96. The minimum Gasteiger partial charge on any atom is -0.464 e. The van der Waals surface area contributed by atoms with Gasteiger partial charge >= 0.3 is 0 Å². The van der Waals surface area contributed by atoms with Crippen molar-refractivity contribution in [1.82, 2.24) is 0 Å². The molecule has 1 nitrogen and oxygen atoms in total. The number of hydrogen-bond donors (Lipinski definition) is 0. The van der Waals surface area contributed by atoms with Crippen molar-refractivity contribution in [1.29, 1.82) is 0 Å². The molecule has 0 aromatic heterocycles. The molecule has 0 aliphatic heterocycles. The smallest absolute Gasteiger partial charge is 0.150 e. The predicted octanol–water partition coefficient (Wildman–Crippen LogP) is 6.00. The molecular formula is C28H25OP. The third-order valence-electron chi connectivity index (χ3n) is 5.71. The standard InChI is InChI=1S/C28H25OP/c1-3-7-26(8-4-1)30(27-9-5-2-6-10-27)29-28-21-24-16-15-22-11-13-23(14-12-22)17-19-25(28)20-18-24/h1-14,18,20-21H,15-17,19H2. The number of aryl methyl sites for hydroxylation is 4. The van der Waals surface area contributed by atoms with Crippen LogP contribution in [0.3, 0.4) is 0 Å². The Hall–Kier alpha value is -2.89. The molecular weight excluding hydrogens is 383 g/mol. The van der Waals surface area contributed by atoms with Crippen LogP contribution >= 0.6 is 8.15 Å². The van der Waals surface area contributed by atoms with Crippen molar-refractivity contribution >= 4 is 18.8 Å². The minimum absolute atomic E-state index is 0.916.